The molecule has 0 atom stereocenters. The highest BCUT2D eigenvalue weighted by molar-refractivity contribution is 9.10. The molecule has 1 N–H and O–H groups in total. The first-order valence-corrected chi connectivity index (χ1v) is 7.78. The number of fused-ring (bicyclic) bond motifs is 1. The van der Waals surface area contributed by atoms with Gasteiger partial charge in [-0.2, -0.15) is 0 Å². The van der Waals surface area contributed by atoms with Crippen LogP contribution in [0.1, 0.15) is 17.0 Å². The van der Waals surface area contributed by atoms with Crippen LogP contribution in [0.4, 0.5) is 0 Å². The molecule has 0 spiro atoms. The Morgan fingerprint density at radius 2 is 2.10 bits per heavy atom. The summed E-state index contributed by atoms with van der Waals surface area (Å²) in [4.78, 5) is 0. The highest BCUT2D eigenvalue weighted by Gasteiger charge is 2.04. The Kier molecular flexibility index (Phi) is 4.31. The molecule has 0 saturated carbocycles. The normalized spacial score (nSPS) is 11.1. The zero-order chi connectivity index (χ0) is 14.7. The lowest BCUT2D eigenvalue weighted by Crippen LogP contribution is -2.17. The highest BCUT2D eigenvalue weighted by atomic mass is 79.9. The topological polar surface area (TPSA) is 42.2 Å². The molecule has 108 valence electrons. The summed E-state index contributed by atoms with van der Waals surface area (Å²) in [6.07, 6.45) is 2.86. The zero-order valence-electron chi connectivity index (χ0n) is 11.9. The minimum absolute atomic E-state index is 0.857. The summed E-state index contributed by atoms with van der Waals surface area (Å²) < 4.78 is 3.19. The van der Waals surface area contributed by atoms with E-state index < -0.39 is 0 Å². The molecule has 2 aromatic heterocycles. The third-order valence-corrected chi connectivity index (χ3v) is 4.33. The summed E-state index contributed by atoms with van der Waals surface area (Å²) in [6.45, 7) is 3.83. The molecular weight excluding hydrogens is 328 g/mol. The molecule has 2 heterocycles. The van der Waals surface area contributed by atoms with Crippen molar-refractivity contribution in [3.8, 4) is 0 Å². The van der Waals surface area contributed by atoms with Gasteiger partial charge in [-0.25, -0.2) is 0 Å². The number of benzene rings is 1. The van der Waals surface area contributed by atoms with Crippen LogP contribution in [0.5, 0.6) is 0 Å². The molecule has 4 nitrogen and oxygen atoms in total. The lowest BCUT2D eigenvalue weighted by Gasteiger charge is -2.06. The summed E-state index contributed by atoms with van der Waals surface area (Å²) in [6, 6.07) is 12.4. The standard InChI is InChI=1S/C16H17BrN4/c1-12-5-6-13(10-14(12)17)11-18-8-7-16-20-19-15-4-2-3-9-21(15)16/h2-6,9-10,18H,7-8,11H2,1H3. The third kappa shape index (κ3) is 3.31. The molecule has 0 aliphatic carbocycles. The third-order valence-electron chi connectivity index (χ3n) is 3.48. The molecule has 0 bridgehead atoms. The molecule has 0 amide bonds. The minimum atomic E-state index is 0.857. The van der Waals surface area contributed by atoms with Crippen molar-refractivity contribution in [2.45, 2.75) is 19.9 Å². The van der Waals surface area contributed by atoms with E-state index in [1.165, 1.54) is 11.1 Å². The monoisotopic (exact) mass is 344 g/mol. The van der Waals surface area contributed by atoms with Crippen molar-refractivity contribution in [1.29, 1.82) is 0 Å². The highest BCUT2D eigenvalue weighted by Crippen LogP contribution is 2.17. The van der Waals surface area contributed by atoms with Gasteiger partial charge in [0.15, 0.2) is 5.65 Å². The predicted octanol–water partition coefficient (Wildman–Crippen LogP) is 3.13. The van der Waals surface area contributed by atoms with Crippen LogP contribution in [0.25, 0.3) is 5.65 Å². The van der Waals surface area contributed by atoms with Crippen molar-refractivity contribution >= 4 is 21.6 Å². The van der Waals surface area contributed by atoms with Crippen molar-refractivity contribution in [2.24, 2.45) is 0 Å². The lowest BCUT2D eigenvalue weighted by molar-refractivity contribution is 0.666. The second kappa shape index (κ2) is 6.37. The van der Waals surface area contributed by atoms with E-state index in [4.69, 9.17) is 0 Å². The maximum Gasteiger partial charge on any atom is 0.160 e. The number of pyridine rings is 1. The SMILES string of the molecule is Cc1ccc(CNCCc2nnc3ccccn23)cc1Br. The quantitative estimate of drug-likeness (QED) is 0.723. The Morgan fingerprint density at radius 1 is 1.19 bits per heavy atom. The molecule has 21 heavy (non-hydrogen) atoms. The largest absolute Gasteiger partial charge is 0.312 e. The van der Waals surface area contributed by atoms with E-state index in [1.54, 1.807) is 0 Å². The second-order valence-corrected chi connectivity index (χ2v) is 5.91. The Hall–Kier alpha value is -1.72. The fraction of sp³-hybridized carbons (Fsp3) is 0.250. The van der Waals surface area contributed by atoms with Gasteiger partial charge in [0.1, 0.15) is 5.82 Å². The first-order valence-electron chi connectivity index (χ1n) is 6.98. The van der Waals surface area contributed by atoms with Gasteiger partial charge in [-0.15, -0.1) is 10.2 Å². The number of hydrogen-bond donors (Lipinski definition) is 1. The van der Waals surface area contributed by atoms with Crippen LogP contribution in [-0.4, -0.2) is 21.1 Å². The Balaban J connectivity index is 1.55. The molecule has 0 fully saturated rings. The number of aryl methyl sites for hydroxylation is 1. The maximum atomic E-state index is 4.23. The first-order chi connectivity index (χ1) is 10.2. The van der Waals surface area contributed by atoms with Crippen LogP contribution in [0.3, 0.4) is 0 Å². The van der Waals surface area contributed by atoms with Gasteiger partial charge < -0.3 is 5.32 Å². The van der Waals surface area contributed by atoms with Crippen LogP contribution in [0.2, 0.25) is 0 Å². The number of aromatic nitrogens is 3. The van der Waals surface area contributed by atoms with Gasteiger partial charge in [0.25, 0.3) is 0 Å². The molecular formula is C16H17BrN4. The van der Waals surface area contributed by atoms with E-state index in [-0.39, 0.29) is 0 Å². The summed E-state index contributed by atoms with van der Waals surface area (Å²) >= 11 is 3.56. The van der Waals surface area contributed by atoms with Crippen molar-refractivity contribution < 1.29 is 0 Å². The van der Waals surface area contributed by atoms with Gasteiger partial charge in [-0.05, 0) is 36.2 Å². The van der Waals surface area contributed by atoms with Crippen molar-refractivity contribution in [3.63, 3.8) is 0 Å². The van der Waals surface area contributed by atoms with Gasteiger partial charge in [0.05, 0.1) is 0 Å². The van der Waals surface area contributed by atoms with E-state index in [1.807, 2.05) is 28.8 Å². The molecule has 0 saturated heterocycles. The van der Waals surface area contributed by atoms with Crippen LogP contribution < -0.4 is 5.32 Å². The lowest BCUT2D eigenvalue weighted by atomic mass is 10.1. The number of nitrogens with one attached hydrogen (secondary N) is 1. The van der Waals surface area contributed by atoms with E-state index in [9.17, 15) is 0 Å². The molecule has 0 radical (unpaired) electrons. The molecule has 0 aliphatic heterocycles. The second-order valence-electron chi connectivity index (χ2n) is 5.06. The Labute approximate surface area is 132 Å². The van der Waals surface area contributed by atoms with E-state index >= 15 is 0 Å². The molecule has 3 aromatic rings. The predicted molar refractivity (Wildman–Crippen MR) is 87.3 cm³/mol. The van der Waals surface area contributed by atoms with E-state index in [0.29, 0.717) is 0 Å². The van der Waals surface area contributed by atoms with Crippen molar-refractivity contribution in [2.75, 3.05) is 6.54 Å². The number of halogens is 1. The van der Waals surface area contributed by atoms with Crippen molar-refractivity contribution in [1.82, 2.24) is 19.9 Å². The van der Waals surface area contributed by atoms with Gasteiger partial charge in [-0.3, -0.25) is 4.40 Å². The number of hydrogen-bond acceptors (Lipinski definition) is 3. The van der Waals surface area contributed by atoms with Gasteiger partial charge >= 0.3 is 0 Å². The van der Waals surface area contributed by atoms with Gasteiger partial charge in [0.2, 0.25) is 0 Å². The van der Waals surface area contributed by atoms with E-state index in [0.717, 1.165) is 35.5 Å². The van der Waals surface area contributed by atoms with Crippen molar-refractivity contribution in [3.05, 3.63) is 64.0 Å². The smallest absolute Gasteiger partial charge is 0.160 e. The maximum absolute atomic E-state index is 4.23. The fourth-order valence-electron chi connectivity index (χ4n) is 2.24. The van der Waals surface area contributed by atoms with E-state index in [2.05, 4.69) is 56.6 Å². The van der Waals surface area contributed by atoms with Crippen LogP contribution in [0.15, 0.2) is 47.1 Å². The molecule has 0 unspecified atom stereocenters. The first kappa shape index (κ1) is 14.2. The average Bonchev–Trinajstić information content (AvgIpc) is 2.91. The molecule has 5 heteroatoms. The van der Waals surface area contributed by atoms with Crippen LogP contribution in [-0.2, 0) is 13.0 Å². The number of rotatable bonds is 5. The van der Waals surface area contributed by atoms with Gasteiger partial charge in [0, 0.05) is 30.2 Å². The Bertz CT molecular complexity index is 751. The minimum Gasteiger partial charge on any atom is -0.312 e. The summed E-state index contributed by atoms with van der Waals surface area (Å²) in [5.41, 5.74) is 3.43. The average molecular weight is 345 g/mol. The summed E-state index contributed by atoms with van der Waals surface area (Å²) in [5, 5.41) is 11.8. The van der Waals surface area contributed by atoms with Crippen LogP contribution >= 0.6 is 15.9 Å². The summed E-state index contributed by atoms with van der Waals surface area (Å²) in [7, 11) is 0. The summed E-state index contributed by atoms with van der Waals surface area (Å²) in [5.74, 6) is 0.989. The Morgan fingerprint density at radius 3 is 2.95 bits per heavy atom. The van der Waals surface area contributed by atoms with Crippen LogP contribution in [0, 0.1) is 6.92 Å². The molecule has 1 aromatic carbocycles. The molecule has 0 aliphatic rings. The number of nitrogens with zero attached hydrogens (tertiary/aromatic N) is 3. The fourth-order valence-corrected chi connectivity index (χ4v) is 2.67. The zero-order valence-corrected chi connectivity index (χ0v) is 13.5. The molecule has 3 rings (SSSR count). The van der Waals surface area contributed by atoms with Gasteiger partial charge in [-0.1, -0.05) is 34.1 Å².